The average Bonchev–Trinajstić information content (AvgIpc) is 2.99. The lowest BCUT2D eigenvalue weighted by Gasteiger charge is -2.39. The molecule has 3 atom stereocenters. The van der Waals surface area contributed by atoms with Crippen LogP contribution in [0.15, 0.2) is 24.3 Å². The lowest BCUT2D eigenvalue weighted by atomic mass is 10.1. The van der Waals surface area contributed by atoms with Crippen molar-refractivity contribution in [2.45, 2.75) is 59.3 Å². The molecule has 0 unspecified atom stereocenters. The maximum atomic E-state index is 12.6. The van der Waals surface area contributed by atoms with Gasteiger partial charge in [0.2, 0.25) is 5.91 Å². The van der Waals surface area contributed by atoms with E-state index in [1.807, 2.05) is 6.92 Å². The standard InChI is InChI=1S/C22H31N3O2S/c1-14-6-8-19(9-7-14)22-20(28-18(5)24-22)10-21(26)23-11-15(2)25-12-16(3)27-17(4)13-25/h6-9,15-17H,10-13H2,1-5H3,(H,23,26)/t15-,16+,17+/m0/s1. The summed E-state index contributed by atoms with van der Waals surface area (Å²) in [5.74, 6) is 0.0539. The first-order chi connectivity index (χ1) is 13.3. The summed E-state index contributed by atoms with van der Waals surface area (Å²) < 4.78 is 5.80. The minimum atomic E-state index is 0.0539. The second kappa shape index (κ2) is 9.16. The molecule has 5 nitrogen and oxygen atoms in total. The van der Waals surface area contributed by atoms with Crippen molar-refractivity contribution in [1.29, 1.82) is 0 Å². The van der Waals surface area contributed by atoms with Crippen LogP contribution in [-0.2, 0) is 16.0 Å². The maximum Gasteiger partial charge on any atom is 0.225 e. The van der Waals surface area contributed by atoms with Crippen LogP contribution in [0.3, 0.4) is 0 Å². The fourth-order valence-corrected chi connectivity index (χ4v) is 4.66. The van der Waals surface area contributed by atoms with Crippen molar-refractivity contribution in [3.63, 3.8) is 0 Å². The Kier molecular flexibility index (Phi) is 6.86. The molecular formula is C22H31N3O2S. The third kappa shape index (κ3) is 5.40. The van der Waals surface area contributed by atoms with Gasteiger partial charge in [-0.1, -0.05) is 29.8 Å². The van der Waals surface area contributed by atoms with Gasteiger partial charge in [-0.2, -0.15) is 0 Å². The monoisotopic (exact) mass is 401 g/mol. The Morgan fingerprint density at radius 1 is 1.25 bits per heavy atom. The molecule has 152 valence electrons. The number of hydrogen-bond acceptors (Lipinski definition) is 5. The number of morpholine rings is 1. The largest absolute Gasteiger partial charge is 0.373 e. The van der Waals surface area contributed by atoms with Gasteiger partial charge in [0.15, 0.2) is 0 Å². The van der Waals surface area contributed by atoms with Gasteiger partial charge in [-0.15, -0.1) is 11.3 Å². The molecule has 3 rings (SSSR count). The van der Waals surface area contributed by atoms with Gasteiger partial charge in [-0.05, 0) is 34.6 Å². The van der Waals surface area contributed by atoms with E-state index in [1.165, 1.54) is 5.56 Å². The maximum absolute atomic E-state index is 12.6. The number of nitrogens with zero attached hydrogens (tertiary/aromatic N) is 2. The van der Waals surface area contributed by atoms with E-state index in [1.54, 1.807) is 11.3 Å². The summed E-state index contributed by atoms with van der Waals surface area (Å²) in [5, 5.41) is 4.10. The first-order valence-electron chi connectivity index (χ1n) is 10.0. The van der Waals surface area contributed by atoms with Crippen molar-refractivity contribution in [3.8, 4) is 11.3 Å². The molecule has 0 spiro atoms. The summed E-state index contributed by atoms with van der Waals surface area (Å²) in [4.78, 5) is 20.7. The predicted octanol–water partition coefficient (Wildman–Crippen LogP) is 3.58. The van der Waals surface area contributed by atoms with E-state index < -0.39 is 0 Å². The van der Waals surface area contributed by atoms with Crippen LogP contribution in [0.25, 0.3) is 11.3 Å². The number of aryl methyl sites for hydroxylation is 2. The van der Waals surface area contributed by atoms with Crippen LogP contribution in [0.5, 0.6) is 0 Å². The summed E-state index contributed by atoms with van der Waals surface area (Å²) in [5.41, 5.74) is 3.22. The Hall–Kier alpha value is -1.76. The van der Waals surface area contributed by atoms with Gasteiger partial charge in [0.25, 0.3) is 0 Å². The molecule has 0 radical (unpaired) electrons. The smallest absolute Gasteiger partial charge is 0.225 e. The predicted molar refractivity (Wildman–Crippen MR) is 115 cm³/mol. The summed E-state index contributed by atoms with van der Waals surface area (Å²) in [6.45, 7) is 12.9. The number of thiazole rings is 1. The van der Waals surface area contributed by atoms with Crippen LogP contribution in [0, 0.1) is 13.8 Å². The quantitative estimate of drug-likeness (QED) is 0.804. The minimum absolute atomic E-state index is 0.0539. The van der Waals surface area contributed by atoms with Gasteiger partial charge >= 0.3 is 0 Å². The summed E-state index contributed by atoms with van der Waals surface area (Å²) >= 11 is 1.61. The number of aromatic nitrogens is 1. The average molecular weight is 402 g/mol. The second-order valence-corrected chi connectivity index (χ2v) is 9.20. The highest BCUT2D eigenvalue weighted by molar-refractivity contribution is 7.12. The number of carbonyl (C=O) groups excluding carboxylic acids is 1. The number of nitrogens with one attached hydrogen (secondary N) is 1. The normalized spacial score (nSPS) is 21.5. The van der Waals surface area contributed by atoms with Crippen molar-refractivity contribution in [2.24, 2.45) is 0 Å². The first kappa shape index (κ1) is 21.0. The van der Waals surface area contributed by atoms with E-state index in [0.29, 0.717) is 13.0 Å². The van der Waals surface area contributed by atoms with Gasteiger partial charge in [0.05, 0.1) is 29.3 Å². The van der Waals surface area contributed by atoms with Crippen LogP contribution in [0.2, 0.25) is 0 Å². The Balaban J connectivity index is 1.59. The molecule has 0 aliphatic carbocycles. The molecule has 2 heterocycles. The highest BCUT2D eigenvalue weighted by Gasteiger charge is 2.26. The Labute approximate surface area is 172 Å². The number of ether oxygens (including phenoxy) is 1. The lowest BCUT2D eigenvalue weighted by Crippen LogP contribution is -2.52. The van der Waals surface area contributed by atoms with Crippen molar-refractivity contribution in [3.05, 3.63) is 39.7 Å². The van der Waals surface area contributed by atoms with E-state index in [4.69, 9.17) is 4.74 Å². The lowest BCUT2D eigenvalue weighted by molar-refractivity contribution is -0.121. The van der Waals surface area contributed by atoms with Crippen molar-refractivity contribution >= 4 is 17.2 Å². The fraction of sp³-hybridized carbons (Fsp3) is 0.545. The molecule has 1 saturated heterocycles. The van der Waals surface area contributed by atoms with Gasteiger partial charge in [-0.25, -0.2) is 4.98 Å². The Bertz CT molecular complexity index is 793. The van der Waals surface area contributed by atoms with Crippen LogP contribution in [0.4, 0.5) is 0 Å². The zero-order chi connectivity index (χ0) is 20.3. The number of hydrogen-bond donors (Lipinski definition) is 1. The van der Waals surface area contributed by atoms with Crippen LogP contribution < -0.4 is 5.32 Å². The van der Waals surface area contributed by atoms with Gasteiger partial charge in [0, 0.05) is 36.1 Å². The molecule has 1 amide bonds. The summed E-state index contributed by atoms with van der Waals surface area (Å²) in [6.07, 6.45) is 0.843. The highest BCUT2D eigenvalue weighted by atomic mass is 32.1. The minimum Gasteiger partial charge on any atom is -0.373 e. The topological polar surface area (TPSA) is 54.5 Å². The molecule has 1 fully saturated rings. The molecule has 1 aromatic carbocycles. The van der Waals surface area contributed by atoms with Crippen LogP contribution in [-0.4, -0.2) is 53.7 Å². The van der Waals surface area contributed by atoms with E-state index in [-0.39, 0.29) is 24.2 Å². The van der Waals surface area contributed by atoms with E-state index in [9.17, 15) is 4.79 Å². The number of rotatable bonds is 6. The SMILES string of the molecule is Cc1ccc(-c2nc(C)sc2CC(=O)NC[C@H](C)N2C[C@@H](C)O[C@H](C)C2)cc1. The third-order valence-corrected chi connectivity index (χ3v) is 6.09. The summed E-state index contributed by atoms with van der Waals surface area (Å²) in [7, 11) is 0. The van der Waals surface area contributed by atoms with Crippen LogP contribution >= 0.6 is 11.3 Å². The summed E-state index contributed by atoms with van der Waals surface area (Å²) in [6, 6.07) is 8.61. The molecule has 0 bridgehead atoms. The fourth-order valence-electron chi connectivity index (χ4n) is 3.70. The van der Waals surface area contributed by atoms with Gasteiger partial charge in [0.1, 0.15) is 0 Å². The zero-order valence-corrected chi connectivity index (χ0v) is 18.3. The zero-order valence-electron chi connectivity index (χ0n) is 17.5. The molecule has 1 aliphatic heterocycles. The van der Waals surface area contributed by atoms with Crippen LogP contribution in [0.1, 0.15) is 36.2 Å². The molecule has 1 aliphatic rings. The van der Waals surface area contributed by atoms with E-state index in [0.717, 1.165) is 34.2 Å². The number of amides is 1. The van der Waals surface area contributed by atoms with E-state index in [2.05, 4.69) is 67.2 Å². The molecular weight excluding hydrogens is 370 g/mol. The van der Waals surface area contributed by atoms with Crippen molar-refractivity contribution in [1.82, 2.24) is 15.2 Å². The molecule has 6 heteroatoms. The number of carbonyl (C=O) groups is 1. The molecule has 1 aromatic heterocycles. The Morgan fingerprint density at radius 2 is 1.89 bits per heavy atom. The van der Waals surface area contributed by atoms with Gasteiger partial charge < -0.3 is 10.1 Å². The molecule has 1 N–H and O–H groups in total. The van der Waals surface area contributed by atoms with Crippen molar-refractivity contribution in [2.75, 3.05) is 19.6 Å². The molecule has 28 heavy (non-hydrogen) atoms. The molecule has 2 aromatic rings. The molecule has 0 saturated carbocycles. The first-order valence-corrected chi connectivity index (χ1v) is 10.8. The van der Waals surface area contributed by atoms with Gasteiger partial charge in [-0.3, -0.25) is 9.69 Å². The highest BCUT2D eigenvalue weighted by Crippen LogP contribution is 2.28. The van der Waals surface area contributed by atoms with E-state index >= 15 is 0 Å². The Morgan fingerprint density at radius 3 is 2.54 bits per heavy atom. The number of benzene rings is 1. The second-order valence-electron chi connectivity index (χ2n) is 7.91. The van der Waals surface area contributed by atoms with Crippen molar-refractivity contribution < 1.29 is 9.53 Å². The third-order valence-electron chi connectivity index (χ3n) is 5.12.